The van der Waals surface area contributed by atoms with Gasteiger partial charge in [0.15, 0.2) is 6.10 Å². The molecule has 150 valence electrons. The van der Waals surface area contributed by atoms with Gasteiger partial charge in [-0.3, -0.25) is 4.79 Å². The van der Waals surface area contributed by atoms with Gasteiger partial charge in [-0.1, -0.05) is 78.9 Å². The zero-order valence-corrected chi connectivity index (χ0v) is 16.2. The van der Waals surface area contributed by atoms with Crippen molar-refractivity contribution in [2.75, 3.05) is 0 Å². The highest BCUT2D eigenvalue weighted by atomic mass is 16.4. The van der Waals surface area contributed by atoms with E-state index >= 15 is 0 Å². The molecule has 4 aromatic carbocycles. The largest absolute Gasteiger partial charge is 0.480 e. The summed E-state index contributed by atoms with van der Waals surface area (Å²) >= 11 is 0. The first-order chi connectivity index (χ1) is 14.5. The zero-order chi connectivity index (χ0) is 21.1. The molecule has 0 radical (unpaired) electrons. The number of carboxylic acids is 1. The highest BCUT2D eigenvalue weighted by Crippen LogP contribution is 2.29. The van der Waals surface area contributed by atoms with E-state index in [0.29, 0.717) is 5.56 Å². The number of carboxylic acid groups (broad SMARTS) is 1. The minimum absolute atomic E-state index is 0.102. The molecule has 4 aromatic rings. The van der Waals surface area contributed by atoms with Gasteiger partial charge in [0.25, 0.3) is 5.91 Å². The smallest absolute Gasteiger partial charge is 0.326 e. The van der Waals surface area contributed by atoms with E-state index in [9.17, 15) is 19.8 Å². The summed E-state index contributed by atoms with van der Waals surface area (Å²) < 4.78 is 0. The van der Waals surface area contributed by atoms with Crippen LogP contribution in [-0.2, 0) is 16.0 Å². The van der Waals surface area contributed by atoms with E-state index in [-0.39, 0.29) is 6.42 Å². The second kappa shape index (κ2) is 8.35. The number of fused-ring (bicyclic) bond motifs is 2. The van der Waals surface area contributed by atoms with Gasteiger partial charge >= 0.3 is 5.97 Å². The van der Waals surface area contributed by atoms with E-state index in [0.717, 1.165) is 27.1 Å². The van der Waals surface area contributed by atoms with Crippen molar-refractivity contribution in [3.63, 3.8) is 0 Å². The van der Waals surface area contributed by atoms with Crippen LogP contribution in [-0.4, -0.2) is 28.1 Å². The van der Waals surface area contributed by atoms with Crippen LogP contribution in [0.2, 0.25) is 0 Å². The molecule has 0 heterocycles. The number of aliphatic hydroxyl groups excluding tert-OH is 1. The van der Waals surface area contributed by atoms with Crippen molar-refractivity contribution in [3.8, 4) is 0 Å². The summed E-state index contributed by atoms with van der Waals surface area (Å²) in [4.78, 5) is 24.5. The maximum absolute atomic E-state index is 12.6. The van der Waals surface area contributed by atoms with E-state index in [2.05, 4.69) is 11.4 Å². The van der Waals surface area contributed by atoms with Gasteiger partial charge in [0.05, 0.1) is 0 Å². The lowest BCUT2D eigenvalue weighted by Crippen LogP contribution is -2.44. The second-order valence-corrected chi connectivity index (χ2v) is 7.21. The fourth-order valence-electron chi connectivity index (χ4n) is 3.77. The number of carbonyl (C=O) groups excluding carboxylic acids is 1. The molecular weight excluding hydrogens is 378 g/mol. The van der Waals surface area contributed by atoms with Crippen molar-refractivity contribution < 1.29 is 19.8 Å². The topological polar surface area (TPSA) is 86.6 Å². The lowest BCUT2D eigenvalue weighted by molar-refractivity contribution is -0.143. The van der Waals surface area contributed by atoms with Crippen LogP contribution in [0.25, 0.3) is 21.5 Å². The molecule has 0 fully saturated rings. The van der Waals surface area contributed by atoms with Crippen LogP contribution in [0, 0.1) is 0 Å². The van der Waals surface area contributed by atoms with Gasteiger partial charge in [0, 0.05) is 6.42 Å². The second-order valence-electron chi connectivity index (χ2n) is 7.21. The quantitative estimate of drug-likeness (QED) is 0.430. The Balaban J connectivity index is 1.69. The summed E-state index contributed by atoms with van der Waals surface area (Å²) in [5, 5.41) is 26.5. The number of rotatable bonds is 6. The first-order valence-electron chi connectivity index (χ1n) is 9.70. The lowest BCUT2D eigenvalue weighted by atomic mass is 9.92. The zero-order valence-electron chi connectivity index (χ0n) is 16.2. The Morgan fingerprint density at radius 1 is 0.800 bits per heavy atom. The van der Waals surface area contributed by atoms with Crippen LogP contribution in [0.4, 0.5) is 0 Å². The van der Waals surface area contributed by atoms with Crippen LogP contribution < -0.4 is 5.32 Å². The van der Waals surface area contributed by atoms with E-state index in [1.807, 2.05) is 48.5 Å². The fraction of sp³-hybridized carbons (Fsp3) is 0.120. The predicted octanol–water partition coefficient (Wildman–Crippen LogP) is 3.84. The average molecular weight is 399 g/mol. The Morgan fingerprint density at radius 3 is 1.90 bits per heavy atom. The highest BCUT2D eigenvalue weighted by molar-refractivity contribution is 6.02. The number of aliphatic hydroxyl groups is 1. The maximum Gasteiger partial charge on any atom is 0.326 e. The summed E-state index contributed by atoms with van der Waals surface area (Å²) in [6.45, 7) is 0. The van der Waals surface area contributed by atoms with Crippen molar-refractivity contribution in [2.24, 2.45) is 0 Å². The van der Waals surface area contributed by atoms with Crippen LogP contribution >= 0.6 is 0 Å². The summed E-state index contributed by atoms with van der Waals surface area (Å²) in [5.41, 5.74) is 1.26. The number of carbonyl (C=O) groups is 2. The van der Waals surface area contributed by atoms with Crippen LogP contribution in [0.3, 0.4) is 0 Å². The molecule has 0 aliphatic rings. The van der Waals surface area contributed by atoms with Gasteiger partial charge in [-0.25, -0.2) is 4.79 Å². The summed E-state index contributed by atoms with van der Waals surface area (Å²) in [6, 6.07) is 24.9. The third kappa shape index (κ3) is 3.88. The Bertz CT molecular complexity index is 1170. The SMILES string of the molecule is O=C(N[C@H](Cc1c2ccccc2cc2ccccc12)C(=O)O)[C@@H](O)c1ccccc1. The monoisotopic (exact) mass is 399 g/mol. The molecule has 2 atom stereocenters. The molecule has 5 heteroatoms. The molecule has 0 bridgehead atoms. The van der Waals surface area contributed by atoms with Gasteiger partial charge in [0.1, 0.15) is 6.04 Å². The number of aliphatic carboxylic acids is 1. The molecule has 5 nitrogen and oxygen atoms in total. The van der Waals surface area contributed by atoms with Gasteiger partial charge in [0.2, 0.25) is 0 Å². The maximum atomic E-state index is 12.6. The van der Waals surface area contributed by atoms with Crippen molar-refractivity contribution in [3.05, 3.63) is 96.1 Å². The molecule has 1 amide bonds. The summed E-state index contributed by atoms with van der Waals surface area (Å²) in [5.74, 6) is -1.89. The Hall–Kier alpha value is -3.70. The lowest BCUT2D eigenvalue weighted by Gasteiger charge is -2.19. The van der Waals surface area contributed by atoms with Crippen molar-refractivity contribution in [2.45, 2.75) is 18.6 Å². The van der Waals surface area contributed by atoms with E-state index in [1.165, 1.54) is 0 Å². The predicted molar refractivity (Wildman–Crippen MR) is 116 cm³/mol. The molecule has 0 spiro atoms. The highest BCUT2D eigenvalue weighted by Gasteiger charge is 2.26. The Morgan fingerprint density at radius 2 is 1.33 bits per heavy atom. The van der Waals surface area contributed by atoms with Crippen LogP contribution in [0.5, 0.6) is 0 Å². The van der Waals surface area contributed by atoms with Crippen molar-refractivity contribution in [1.82, 2.24) is 5.32 Å². The number of nitrogens with one attached hydrogen (secondary N) is 1. The van der Waals surface area contributed by atoms with Crippen LogP contribution in [0.1, 0.15) is 17.2 Å². The normalized spacial score (nSPS) is 13.1. The van der Waals surface area contributed by atoms with Crippen LogP contribution in [0.15, 0.2) is 84.9 Å². The van der Waals surface area contributed by atoms with Crippen molar-refractivity contribution in [1.29, 1.82) is 0 Å². The van der Waals surface area contributed by atoms with Gasteiger partial charge in [-0.2, -0.15) is 0 Å². The van der Waals surface area contributed by atoms with E-state index in [4.69, 9.17) is 0 Å². The molecule has 4 rings (SSSR count). The van der Waals surface area contributed by atoms with E-state index in [1.54, 1.807) is 30.3 Å². The Kier molecular flexibility index (Phi) is 5.46. The molecule has 3 N–H and O–H groups in total. The first-order valence-corrected chi connectivity index (χ1v) is 9.70. The standard InChI is InChI=1S/C25H21NO4/c27-23(16-8-2-1-3-9-16)24(28)26-22(25(29)30)15-21-19-12-6-4-10-17(19)14-18-11-5-7-13-20(18)21/h1-14,22-23,27H,15H2,(H,26,28)(H,29,30)/t22-,23+/m1/s1. The average Bonchev–Trinajstić information content (AvgIpc) is 2.78. The number of hydrogen-bond acceptors (Lipinski definition) is 3. The number of amides is 1. The fourth-order valence-corrected chi connectivity index (χ4v) is 3.77. The first kappa shape index (κ1) is 19.6. The molecule has 0 aliphatic heterocycles. The minimum atomic E-state index is -1.43. The molecule has 30 heavy (non-hydrogen) atoms. The molecule has 0 aromatic heterocycles. The van der Waals surface area contributed by atoms with Crippen molar-refractivity contribution >= 4 is 33.4 Å². The summed E-state index contributed by atoms with van der Waals surface area (Å²) in [6.07, 6.45) is -1.33. The molecule has 0 saturated heterocycles. The number of hydrogen-bond donors (Lipinski definition) is 3. The van der Waals surface area contributed by atoms with E-state index < -0.39 is 24.0 Å². The minimum Gasteiger partial charge on any atom is -0.480 e. The van der Waals surface area contributed by atoms with Gasteiger partial charge in [-0.05, 0) is 38.7 Å². The molecule has 0 unspecified atom stereocenters. The third-order valence-corrected chi connectivity index (χ3v) is 5.27. The molecule has 0 aliphatic carbocycles. The third-order valence-electron chi connectivity index (χ3n) is 5.27. The molecular formula is C25H21NO4. The number of benzene rings is 4. The summed E-state index contributed by atoms with van der Waals surface area (Å²) in [7, 11) is 0. The Labute approximate surface area is 173 Å². The van der Waals surface area contributed by atoms with Gasteiger partial charge in [-0.15, -0.1) is 0 Å². The molecule has 0 saturated carbocycles. The van der Waals surface area contributed by atoms with Gasteiger partial charge < -0.3 is 15.5 Å².